The fraction of sp³-hybridized carbons (Fsp3) is 0. The molecule has 3 aromatic rings. The Morgan fingerprint density at radius 2 is 1.71 bits per heavy atom. The van der Waals surface area contributed by atoms with Crippen LogP contribution in [0.1, 0.15) is 0 Å². The largest absolute Gasteiger partial charge is 0.0843 e. The number of hydrogen-bond acceptors (Lipinski definition) is 0. The molecule has 0 amide bonds. The molecular weight excluding hydrogens is 228 g/mol. The second-order valence-electron chi connectivity index (χ2n) is 3.95. The van der Waals surface area contributed by atoms with E-state index in [9.17, 15) is 0 Å². The molecule has 3 aromatic carbocycles. The maximum Gasteiger partial charge on any atom is 0.0412 e. The third-order valence-electron chi connectivity index (χ3n) is 2.84. The molecule has 1 radical (unpaired) electrons. The molecule has 0 saturated heterocycles. The number of halogens is 1. The highest BCUT2D eigenvalue weighted by Crippen LogP contribution is 2.29. The molecule has 0 aliphatic rings. The van der Waals surface area contributed by atoms with E-state index < -0.39 is 0 Å². The molecule has 0 atom stereocenters. The molecule has 81 valence electrons. The van der Waals surface area contributed by atoms with E-state index in [0.717, 1.165) is 10.6 Å². The van der Waals surface area contributed by atoms with E-state index in [2.05, 4.69) is 42.5 Å². The molecule has 3 rings (SSSR count). The van der Waals surface area contributed by atoms with Gasteiger partial charge in [-0.05, 0) is 40.1 Å². The lowest BCUT2D eigenvalue weighted by Gasteiger charge is -2.06. The van der Waals surface area contributed by atoms with Gasteiger partial charge in [0.25, 0.3) is 0 Å². The summed E-state index contributed by atoms with van der Waals surface area (Å²) in [7, 11) is 0. The molecule has 17 heavy (non-hydrogen) atoms. The van der Waals surface area contributed by atoms with Gasteiger partial charge < -0.3 is 0 Å². The lowest BCUT2D eigenvalue weighted by molar-refractivity contribution is 1.64. The van der Waals surface area contributed by atoms with E-state index in [1.807, 2.05) is 24.3 Å². The fourth-order valence-corrected chi connectivity index (χ4v) is 2.23. The van der Waals surface area contributed by atoms with Crippen LogP contribution in [0.2, 0.25) is 5.02 Å². The van der Waals surface area contributed by atoms with Crippen molar-refractivity contribution >= 4 is 22.4 Å². The summed E-state index contributed by atoms with van der Waals surface area (Å²) >= 11 is 6.03. The molecule has 0 aliphatic heterocycles. The van der Waals surface area contributed by atoms with E-state index in [-0.39, 0.29) is 0 Å². The SMILES string of the molecule is Clc1cc[c]c(-c2cccc3ccccc23)c1. The summed E-state index contributed by atoms with van der Waals surface area (Å²) in [5.41, 5.74) is 2.21. The smallest absolute Gasteiger partial charge is 0.0412 e. The topological polar surface area (TPSA) is 0 Å². The fourth-order valence-electron chi connectivity index (χ4n) is 2.05. The summed E-state index contributed by atoms with van der Waals surface area (Å²) in [5.74, 6) is 0. The molecule has 0 spiro atoms. The second kappa shape index (κ2) is 4.23. The lowest BCUT2D eigenvalue weighted by Crippen LogP contribution is -1.81. The van der Waals surface area contributed by atoms with E-state index in [0.29, 0.717) is 0 Å². The van der Waals surface area contributed by atoms with E-state index >= 15 is 0 Å². The minimum absolute atomic E-state index is 0.742. The Balaban J connectivity index is 2.30. The minimum Gasteiger partial charge on any atom is -0.0843 e. The second-order valence-corrected chi connectivity index (χ2v) is 4.38. The average Bonchev–Trinajstić information content (AvgIpc) is 2.38. The first-order valence-electron chi connectivity index (χ1n) is 5.50. The quantitative estimate of drug-likeness (QED) is 0.561. The Bertz CT molecular complexity index is 666. The van der Waals surface area contributed by atoms with Gasteiger partial charge in [0.15, 0.2) is 0 Å². The molecule has 0 unspecified atom stereocenters. The first-order chi connectivity index (χ1) is 8.34. The van der Waals surface area contributed by atoms with Crippen LogP contribution in [0, 0.1) is 6.07 Å². The summed E-state index contributed by atoms with van der Waals surface area (Å²) in [6.07, 6.45) is 0. The van der Waals surface area contributed by atoms with Crippen molar-refractivity contribution in [1.82, 2.24) is 0 Å². The van der Waals surface area contributed by atoms with Crippen LogP contribution in [-0.2, 0) is 0 Å². The zero-order valence-corrected chi connectivity index (χ0v) is 9.91. The van der Waals surface area contributed by atoms with Crippen molar-refractivity contribution < 1.29 is 0 Å². The Labute approximate surface area is 105 Å². The molecular formula is C16H10Cl. The highest BCUT2D eigenvalue weighted by atomic mass is 35.5. The van der Waals surface area contributed by atoms with Gasteiger partial charge >= 0.3 is 0 Å². The Kier molecular flexibility index (Phi) is 2.58. The van der Waals surface area contributed by atoms with Crippen LogP contribution in [0.15, 0.2) is 60.7 Å². The predicted octanol–water partition coefficient (Wildman–Crippen LogP) is 4.96. The van der Waals surface area contributed by atoms with Gasteiger partial charge in [-0.1, -0.05) is 60.1 Å². The lowest BCUT2D eigenvalue weighted by atomic mass is 9.98. The summed E-state index contributed by atoms with van der Waals surface area (Å²) in [6.45, 7) is 0. The average molecular weight is 238 g/mol. The van der Waals surface area contributed by atoms with Crippen molar-refractivity contribution in [3.05, 3.63) is 71.8 Å². The van der Waals surface area contributed by atoms with Gasteiger partial charge in [0, 0.05) is 5.02 Å². The first-order valence-corrected chi connectivity index (χ1v) is 5.88. The molecule has 0 aromatic heterocycles. The van der Waals surface area contributed by atoms with Gasteiger partial charge in [-0.25, -0.2) is 0 Å². The highest BCUT2D eigenvalue weighted by molar-refractivity contribution is 6.30. The molecule has 1 heteroatoms. The van der Waals surface area contributed by atoms with Gasteiger partial charge in [-0.15, -0.1) is 0 Å². The molecule has 0 saturated carbocycles. The summed E-state index contributed by atoms with van der Waals surface area (Å²) in [5, 5.41) is 3.21. The zero-order chi connectivity index (χ0) is 11.7. The first kappa shape index (κ1) is 10.4. The third-order valence-corrected chi connectivity index (χ3v) is 3.08. The van der Waals surface area contributed by atoms with Crippen LogP contribution in [0.3, 0.4) is 0 Å². The van der Waals surface area contributed by atoms with Crippen LogP contribution in [0.5, 0.6) is 0 Å². The molecule has 0 nitrogen and oxygen atoms in total. The molecule has 0 fully saturated rings. The maximum atomic E-state index is 6.03. The maximum absolute atomic E-state index is 6.03. The van der Waals surface area contributed by atoms with Gasteiger partial charge in [-0.2, -0.15) is 0 Å². The Morgan fingerprint density at radius 3 is 2.59 bits per heavy atom. The van der Waals surface area contributed by atoms with Gasteiger partial charge in [0.05, 0.1) is 0 Å². The minimum atomic E-state index is 0.742. The standard InChI is InChI=1S/C16H10Cl/c17-14-8-3-7-13(11-14)16-10-4-6-12-5-1-2-9-15(12)16/h1-6,8-11H. The Hall–Kier alpha value is -1.79. The van der Waals surface area contributed by atoms with Crippen LogP contribution in [-0.4, -0.2) is 0 Å². The highest BCUT2D eigenvalue weighted by Gasteiger charge is 2.03. The van der Waals surface area contributed by atoms with Crippen LogP contribution >= 0.6 is 11.6 Å². The number of benzene rings is 3. The van der Waals surface area contributed by atoms with Crippen molar-refractivity contribution in [2.45, 2.75) is 0 Å². The van der Waals surface area contributed by atoms with Crippen molar-refractivity contribution in [3.8, 4) is 11.1 Å². The molecule has 0 heterocycles. The van der Waals surface area contributed by atoms with Gasteiger partial charge in [0.2, 0.25) is 0 Å². The number of rotatable bonds is 1. The summed E-state index contributed by atoms with van der Waals surface area (Å²) < 4.78 is 0. The van der Waals surface area contributed by atoms with E-state index in [1.165, 1.54) is 16.3 Å². The number of hydrogen-bond donors (Lipinski definition) is 0. The summed E-state index contributed by atoms with van der Waals surface area (Å²) in [6, 6.07) is 23.5. The van der Waals surface area contributed by atoms with Crippen molar-refractivity contribution in [1.29, 1.82) is 0 Å². The number of fused-ring (bicyclic) bond motifs is 1. The monoisotopic (exact) mass is 237 g/mol. The molecule has 0 aliphatic carbocycles. The van der Waals surface area contributed by atoms with Crippen LogP contribution < -0.4 is 0 Å². The predicted molar refractivity (Wildman–Crippen MR) is 73.2 cm³/mol. The summed E-state index contributed by atoms with van der Waals surface area (Å²) in [4.78, 5) is 0. The van der Waals surface area contributed by atoms with Crippen LogP contribution in [0.4, 0.5) is 0 Å². The third kappa shape index (κ3) is 1.92. The van der Waals surface area contributed by atoms with Gasteiger partial charge in [0.1, 0.15) is 0 Å². The Morgan fingerprint density at radius 1 is 0.882 bits per heavy atom. The van der Waals surface area contributed by atoms with Crippen LogP contribution in [0.25, 0.3) is 21.9 Å². The zero-order valence-electron chi connectivity index (χ0n) is 9.15. The molecule has 0 bridgehead atoms. The normalized spacial score (nSPS) is 10.6. The molecule has 0 N–H and O–H groups in total. The van der Waals surface area contributed by atoms with Crippen molar-refractivity contribution in [3.63, 3.8) is 0 Å². The van der Waals surface area contributed by atoms with Crippen molar-refractivity contribution in [2.75, 3.05) is 0 Å². The van der Waals surface area contributed by atoms with Gasteiger partial charge in [-0.3, -0.25) is 0 Å². The van der Waals surface area contributed by atoms with E-state index in [1.54, 1.807) is 0 Å². The van der Waals surface area contributed by atoms with Crippen molar-refractivity contribution in [2.24, 2.45) is 0 Å². The van der Waals surface area contributed by atoms with E-state index in [4.69, 9.17) is 11.6 Å².